The molecule has 1 saturated carbocycles. The maximum atomic E-state index is 12.8. The maximum Gasteiger partial charge on any atom is 0.418 e. The predicted molar refractivity (Wildman–Crippen MR) is 99.8 cm³/mol. The number of nitrogens with zero attached hydrogens (tertiary/aromatic N) is 6. The van der Waals surface area contributed by atoms with Crippen LogP contribution in [0.3, 0.4) is 0 Å². The molecule has 2 amide bonds. The number of aliphatic hydroxyl groups excluding tert-OH is 1. The first kappa shape index (κ1) is 20.4. The average molecular weight is 458 g/mol. The molecule has 1 aromatic heterocycles. The number of guanidine groups is 1. The van der Waals surface area contributed by atoms with E-state index < -0.39 is 40.8 Å². The van der Waals surface area contributed by atoms with Crippen molar-refractivity contribution in [1.29, 1.82) is 0 Å². The van der Waals surface area contributed by atoms with E-state index in [0.717, 1.165) is 17.9 Å². The second-order valence-electron chi connectivity index (χ2n) is 8.17. The lowest BCUT2D eigenvalue weighted by Gasteiger charge is -2.34. The molecule has 4 heterocycles. The number of urea groups is 1. The number of carbonyl (C=O) groups is 1. The molecular weight excluding hydrogens is 436 g/mol. The highest BCUT2D eigenvalue weighted by atomic mass is 32.3. The van der Waals surface area contributed by atoms with E-state index in [-0.39, 0.29) is 36.4 Å². The van der Waals surface area contributed by atoms with Gasteiger partial charge in [0.25, 0.3) is 0 Å². The number of hydroxylamine groups is 2. The van der Waals surface area contributed by atoms with Crippen LogP contribution in [0.5, 0.6) is 0 Å². The molecule has 2 unspecified atom stereocenters. The van der Waals surface area contributed by atoms with Gasteiger partial charge in [0, 0.05) is 6.54 Å². The Hall–Kier alpha value is -2.53. The summed E-state index contributed by atoms with van der Waals surface area (Å²) >= 11 is 0. The Morgan fingerprint density at radius 3 is 2.71 bits per heavy atom. The number of nitrogens with two attached hydrogens (primary N) is 1. The van der Waals surface area contributed by atoms with Crippen molar-refractivity contribution < 1.29 is 31.6 Å². The number of piperidine rings is 1. The van der Waals surface area contributed by atoms with Gasteiger partial charge in [-0.3, -0.25) is 4.55 Å². The van der Waals surface area contributed by atoms with Gasteiger partial charge >= 0.3 is 16.4 Å². The Balaban J connectivity index is 1.40. The number of nitrogens with one attached hydrogen (secondary N) is 1. The van der Waals surface area contributed by atoms with Crippen LogP contribution < -0.4 is 11.1 Å². The molecule has 5 N–H and O–H groups in total. The van der Waals surface area contributed by atoms with Gasteiger partial charge in [0.2, 0.25) is 11.8 Å². The highest BCUT2D eigenvalue weighted by molar-refractivity contribution is 7.80. The number of aromatic nitrogens is 2. The van der Waals surface area contributed by atoms with Crippen LogP contribution in [-0.4, -0.2) is 87.7 Å². The number of rotatable bonds is 6. The summed E-state index contributed by atoms with van der Waals surface area (Å²) in [6.07, 6.45) is 0.908. The summed E-state index contributed by atoms with van der Waals surface area (Å²) in [5, 5.41) is 22.2. The summed E-state index contributed by atoms with van der Waals surface area (Å²) in [6.45, 7) is 0.468. The van der Waals surface area contributed by atoms with Gasteiger partial charge in [0.15, 0.2) is 18.2 Å². The summed E-state index contributed by atoms with van der Waals surface area (Å²) in [5.74, 6) is 0.320. The number of aliphatic hydroxyl groups is 1. The Morgan fingerprint density at radius 2 is 2.06 bits per heavy atom. The van der Waals surface area contributed by atoms with Gasteiger partial charge in [0.1, 0.15) is 6.04 Å². The van der Waals surface area contributed by atoms with E-state index >= 15 is 0 Å². The summed E-state index contributed by atoms with van der Waals surface area (Å²) in [7, 11) is -3.15. The number of fused-ring (bicyclic) bond motifs is 3. The largest absolute Gasteiger partial charge is 0.420 e. The van der Waals surface area contributed by atoms with Crippen LogP contribution in [0.25, 0.3) is 0 Å². The van der Waals surface area contributed by atoms with E-state index in [0.29, 0.717) is 6.42 Å². The lowest BCUT2D eigenvalue weighted by atomic mass is 9.85. The number of hydrogen-bond donors (Lipinski definition) is 4. The Morgan fingerprint density at radius 1 is 1.35 bits per heavy atom. The normalized spacial score (nSPS) is 31.6. The van der Waals surface area contributed by atoms with E-state index in [1.807, 2.05) is 0 Å². The zero-order valence-corrected chi connectivity index (χ0v) is 17.3. The highest BCUT2D eigenvalue weighted by Gasteiger charge is 2.65. The van der Waals surface area contributed by atoms with Crippen LogP contribution in [-0.2, 0) is 14.7 Å². The first-order valence-corrected chi connectivity index (χ1v) is 11.0. The van der Waals surface area contributed by atoms with E-state index in [1.54, 1.807) is 7.05 Å². The summed E-state index contributed by atoms with van der Waals surface area (Å²) < 4.78 is 41.8. The fourth-order valence-electron chi connectivity index (χ4n) is 4.65. The molecule has 5 rings (SSSR count). The topological polar surface area (TPSA) is 200 Å². The van der Waals surface area contributed by atoms with Crippen LogP contribution in [0.15, 0.2) is 9.41 Å². The third kappa shape index (κ3) is 3.21. The van der Waals surface area contributed by atoms with Gasteiger partial charge in [-0.1, -0.05) is 0 Å². The van der Waals surface area contributed by atoms with Gasteiger partial charge in [-0.15, -0.1) is 14.5 Å². The van der Waals surface area contributed by atoms with Gasteiger partial charge < -0.3 is 30.4 Å². The summed E-state index contributed by atoms with van der Waals surface area (Å²) in [4.78, 5) is 19.8. The molecule has 16 heteroatoms. The minimum Gasteiger partial charge on any atom is -0.420 e. The molecule has 31 heavy (non-hydrogen) atoms. The fraction of sp³-hybridized carbons (Fsp3) is 0.733. The van der Waals surface area contributed by atoms with Gasteiger partial charge in [-0.25, -0.2) is 9.79 Å². The summed E-state index contributed by atoms with van der Waals surface area (Å²) in [6, 6.07) is -2.69. The first-order valence-electron chi connectivity index (χ1n) is 9.66. The Bertz CT molecular complexity index is 1040. The zero-order valence-electron chi connectivity index (χ0n) is 16.4. The minimum atomic E-state index is -4.85. The van der Waals surface area contributed by atoms with Gasteiger partial charge in [-0.05, 0) is 31.7 Å². The molecule has 2 bridgehead atoms. The predicted octanol–water partition coefficient (Wildman–Crippen LogP) is -1.70. The van der Waals surface area contributed by atoms with E-state index in [9.17, 15) is 18.3 Å². The lowest BCUT2D eigenvalue weighted by Crippen LogP contribution is -2.45. The monoisotopic (exact) mass is 458 g/mol. The third-order valence-corrected chi connectivity index (χ3v) is 6.68. The van der Waals surface area contributed by atoms with Crippen LogP contribution in [0.1, 0.15) is 43.1 Å². The van der Waals surface area contributed by atoms with Crippen molar-refractivity contribution in [3.05, 3.63) is 11.8 Å². The molecule has 170 valence electrons. The molecular formula is C15H22N8O7S. The van der Waals surface area contributed by atoms with E-state index in [1.165, 1.54) is 9.80 Å². The highest BCUT2D eigenvalue weighted by Crippen LogP contribution is 2.61. The minimum absolute atomic E-state index is 0.0497. The van der Waals surface area contributed by atoms with Crippen molar-refractivity contribution in [1.82, 2.24) is 30.4 Å². The molecule has 3 fully saturated rings. The molecule has 2 saturated heterocycles. The average Bonchev–Trinajstić information content (AvgIpc) is 3.05. The Kier molecular flexibility index (Phi) is 4.43. The van der Waals surface area contributed by atoms with Gasteiger partial charge in [0.05, 0.1) is 12.7 Å². The SMILES string of the molecule is CNCN1C(N)=NC(c2nnc([C@@H]3CC4(CC4)[C@@H]4CN3C(=O)N4OS(=O)(=O)O)o2)C1O. The van der Waals surface area contributed by atoms with Crippen LogP contribution >= 0.6 is 0 Å². The molecule has 0 radical (unpaired) electrons. The van der Waals surface area contributed by atoms with E-state index in [4.69, 9.17) is 14.7 Å². The third-order valence-electron chi connectivity index (χ3n) is 6.33. The second kappa shape index (κ2) is 6.73. The molecule has 4 aliphatic rings. The maximum absolute atomic E-state index is 12.8. The smallest absolute Gasteiger partial charge is 0.418 e. The standard InChI is InChI=1S/C15H22N8O7S/c1-17-6-22-12(24)9(18-13(22)16)11-20-19-10(29-11)7-4-15(2-3-15)8-5-21(7)14(25)23(8)30-31(26,27)28/h7-9,12,17,24H,2-6H2,1H3,(H2,16,18)(H,26,27,28)/t7-,8-,9?,12?/m0/s1. The van der Waals surface area contributed by atoms with Crippen LogP contribution in [0, 0.1) is 5.41 Å². The van der Waals surface area contributed by atoms with Crippen molar-refractivity contribution >= 4 is 22.4 Å². The van der Waals surface area contributed by atoms with Crippen molar-refractivity contribution in [3.8, 4) is 0 Å². The van der Waals surface area contributed by atoms with Crippen molar-refractivity contribution in [3.63, 3.8) is 0 Å². The molecule has 15 nitrogen and oxygen atoms in total. The van der Waals surface area contributed by atoms with Crippen LogP contribution in [0.4, 0.5) is 4.79 Å². The molecule has 1 aliphatic carbocycles. The molecule has 4 atom stereocenters. The molecule has 1 spiro atoms. The molecule has 1 aromatic rings. The second-order valence-corrected chi connectivity index (χ2v) is 9.17. The number of amides is 2. The van der Waals surface area contributed by atoms with Gasteiger partial charge in [-0.2, -0.15) is 13.5 Å². The molecule has 3 aliphatic heterocycles. The van der Waals surface area contributed by atoms with Crippen LogP contribution in [0.2, 0.25) is 0 Å². The number of carbonyl (C=O) groups excluding carboxylic acids is 1. The first-order chi connectivity index (χ1) is 14.6. The fourth-order valence-corrected chi connectivity index (χ4v) is 5.02. The number of hydrogen-bond acceptors (Lipinski definition) is 12. The molecule has 0 aromatic carbocycles. The summed E-state index contributed by atoms with van der Waals surface area (Å²) in [5.41, 5.74) is 5.50. The van der Waals surface area contributed by atoms with Crippen molar-refractivity contribution in [2.24, 2.45) is 16.1 Å². The number of aliphatic imine (C=N–C) groups is 1. The quantitative estimate of drug-likeness (QED) is 0.353. The lowest BCUT2D eigenvalue weighted by molar-refractivity contribution is -0.0530. The zero-order chi connectivity index (χ0) is 22.1. The van der Waals surface area contributed by atoms with Crippen molar-refractivity contribution in [2.45, 2.75) is 43.6 Å². The van der Waals surface area contributed by atoms with E-state index in [2.05, 4.69) is 24.8 Å². The Labute approximate surface area is 176 Å². The van der Waals surface area contributed by atoms with Crippen molar-refractivity contribution in [2.75, 3.05) is 20.3 Å².